The molecule has 0 bridgehead atoms. The lowest BCUT2D eigenvalue weighted by molar-refractivity contribution is -0.109. The van der Waals surface area contributed by atoms with Crippen molar-refractivity contribution in [2.24, 2.45) is 5.73 Å². The second kappa shape index (κ2) is 5.04. The van der Waals surface area contributed by atoms with Crippen LogP contribution >= 0.6 is 11.8 Å². The largest absolute Gasteiger partial charge is 0.497 e. The number of carbonyl (C=O) groups excluding carboxylic acids is 1. The first kappa shape index (κ1) is 11.9. The molecule has 5 heteroatoms. The summed E-state index contributed by atoms with van der Waals surface area (Å²) in [4.78, 5) is 10.9. The summed E-state index contributed by atoms with van der Waals surface area (Å²) in [5, 5.41) is -0.453. The molecule has 0 fully saturated rings. The number of hydrogen-bond donors (Lipinski definition) is 2. The zero-order chi connectivity index (χ0) is 11.4. The van der Waals surface area contributed by atoms with Crippen LogP contribution in [0.2, 0.25) is 0 Å². The summed E-state index contributed by atoms with van der Waals surface area (Å²) in [5.74, 6) is 0.677. The summed E-state index contributed by atoms with van der Waals surface area (Å²) >= 11 is 1.05. The van der Waals surface area contributed by atoms with E-state index in [1.54, 1.807) is 25.3 Å². The first-order valence-electron chi connectivity index (χ1n) is 4.41. The molecule has 1 atom stereocenters. The molecule has 0 radical (unpaired) electrons. The molecule has 0 amide bonds. The molecule has 1 rings (SSSR count). The Balaban J connectivity index is 2.90. The lowest BCUT2D eigenvalue weighted by Crippen LogP contribution is -2.10. The van der Waals surface area contributed by atoms with Crippen LogP contribution in [-0.4, -0.2) is 12.2 Å². The lowest BCUT2D eigenvalue weighted by Gasteiger charge is -2.13. The highest BCUT2D eigenvalue weighted by molar-refractivity contribution is 8.13. The summed E-state index contributed by atoms with van der Waals surface area (Å²) in [7, 11) is 1.57. The summed E-state index contributed by atoms with van der Waals surface area (Å²) in [6, 6.07) is 5.23. The fraction of sp³-hybridized carbons (Fsp3) is 0.300. The predicted molar refractivity (Wildman–Crippen MR) is 62.6 cm³/mol. The molecule has 0 saturated carbocycles. The van der Waals surface area contributed by atoms with E-state index < -0.39 is 5.37 Å². The molecule has 1 aromatic rings. The molecule has 0 spiro atoms. The first-order chi connectivity index (χ1) is 7.04. The van der Waals surface area contributed by atoms with Crippen LogP contribution in [0.15, 0.2) is 18.2 Å². The van der Waals surface area contributed by atoms with Gasteiger partial charge in [0.15, 0.2) is 5.12 Å². The van der Waals surface area contributed by atoms with Crippen LogP contribution in [0.1, 0.15) is 17.9 Å². The minimum atomic E-state index is -0.423. The Bertz CT molecular complexity index is 368. The quantitative estimate of drug-likeness (QED) is 0.603. The van der Waals surface area contributed by atoms with Gasteiger partial charge in [-0.3, -0.25) is 4.79 Å². The number of rotatable bonds is 3. The molecule has 15 heavy (non-hydrogen) atoms. The van der Waals surface area contributed by atoms with Gasteiger partial charge in [-0.25, -0.2) is 0 Å². The van der Waals surface area contributed by atoms with E-state index in [4.69, 9.17) is 16.2 Å². The number of methoxy groups -OCH3 is 1. The number of benzene rings is 1. The number of hydrogen-bond acceptors (Lipinski definition) is 5. The van der Waals surface area contributed by atoms with Crippen LogP contribution in [0.3, 0.4) is 0 Å². The van der Waals surface area contributed by atoms with Gasteiger partial charge in [-0.1, -0.05) is 17.8 Å². The highest BCUT2D eigenvalue weighted by atomic mass is 32.2. The number of carbonyl (C=O) groups is 1. The number of nitrogens with two attached hydrogens (primary N) is 2. The Kier molecular flexibility index (Phi) is 3.99. The van der Waals surface area contributed by atoms with E-state index in [2.05, 4.69) is 0 Å². The van der Waals surface area contributed by atoms with Crippen molar-refractivity contribution in [1.29, 1.82) is 0 Å². The Morgan fingerprint density at radius 3 is 2.67 bits per heavy atom. The highest BCUT2D eigenvalue weighted by Gasteiger charge is 2.12. The maximum Gasteiger partial charge on any atom is 0.187 e. The minimum absolute atomic E-state index is 0.0299. The summed E-state index contributed by atoms with van der Waals surface area (Å²) in [5.41, 5.74) is 12.9. The number of thioether (sulfide) groups is 1. The fourth-order valence-corrected chi connectivity index (χ4v) is 1.88. The minimum Gasteiger partial charge on any atom is -0.497 e. The van der Waals surface area contributed by atoms with E-state index >= 15 is 0 Å². The predicted octanol–water partition coefficient (Wildman–Crippen LogP) is 1.51. The monoisotopic (exact) mass is 226 g/mol. The average molecular weight is 226 g/mol. The van der Waals surface area contributed by atoms with Crippen molar-refractivity contribution >= 4 is 22.6 Å². The van der Waals surface area contributed by atoms with Gasteiger partial charge in [0, 0.05) is 24.2 Å². The van der Waals surface area contributed by atoms with Crippen LogP contribution in [0, 0.1) is 0 Å². The Morgan fingerprint density at radius 2 is 2.20 bits per heavy atom. The van der Waals surface area contributed by atoms with Crippen molar-refractivity contribution in [2.45, 2.75) is 12.3 Å². The van der Waals surface area contributed by atoms with Gasteiger partial charge >= 0.3 is 0 Å². The van der Waals surface area contributed by atoms with Crippen LogP contribution in [0.25, 0.3) is 0 Å². The zero-order valence-electron chi connectivity index (χ0n) is 8.69. The molecular formula is C10H14N2O2S. The zero-order valence-corrected chi connectivity index (χ0v) is 9.51. The van der Waals surface area contributed by atoms with Crippen molar-refractivity contribution in [1.82, 2.24) is 0 Å². The Labute approximate surface area is 93.0 Å². The molecule has 0 saturated heterocycles. The van der Waals surface area contributed by atoms with Crippen molar-refractivity contribution in [3.63, 3.8) is 0 Å². The van der Waals surface area contributed by atoms with Crippen molar-refractivity contribution in [3.05, 3.63) is 23.8 Å². The SMILES string of the molecule is COc1ccc(C(N)SC(C)=O)c(N)c1. The van der Waals surface area contributed by atoms with E-state index in [0.717, 1.165) is 17.3 Å². The molecule has 0 aliphatic heterocycles. The van der Waals surface area contributed by atoms with Crippen molar-refractivity contribution < 1.29 is 9.53 Å². The molecule has 4 N–H and O–H groups in total. The summed E-state index contributed by atoms with van der Waals surface area (Å²) in [6.07, 6.45) is 0. The highest BCUT2D eigenvalue weighted by Crippen LogP contribution is 2.30. The molecule has 0 aromatic heterocycles. The molecule has 0 aliphatic rings. The molecule has 1 aromatic carbocycles. The maximum absolute atomic E-state index is 10.9. The van der Waals surface area contributed by atoms with Crippen molar-refractivity contribution in [3.8, 4) is 5.75 Å². The van der Waals surface area contributed by atoms with Crippen molar-refractivity contribution in [2.75, 3.05) is 12.8 Å². The first-order valence-corrected chi connectivity index (χ1v) is 5.28. The average Bonchev–Trinajstić information content (AvgIpc) is 2.16. The lowest BCUT2D eigenvalue weighted by atomic mass is 10.2. The second-order valence-corrected chi connectivity index (χ2v) is 4.34. The summed E-state index contributed by atoms with van der Waals surface area (Å²) < 4.78 is 5.02. The molecule has 1 unspecified atom stereocenters. The van der Waals surface area contributed by atoms with Gasteiger partial charge in [0.1, 0.15) is 5.75 Å². The number of nitrogen functional groups attached to an aromatic ring is 1. The standard InChI is InChI=1S/C10H14N2O2S/c1-6(13)15-10(12)8-4-3-7(14-2)5-9(8)11/h3-5,10H,11-12H2,1-2H3. The van der Waals surface area contributed by atoms with Crippen LogP contribution < -0.4 is 16.2 Å². The molecule has 0 aliphatic carbocycles. The number of ether oxygens (including phenoxy) is 1. The Hall–Kier alpha value is -1.20. The third kappa shape index (κ3) is 3.14. The third-order valence-corrected chi connectivity index (χ3v) is 2.73. The van der Waals surface area contributed by atoms with E-state index in [9.17, 15) is 4.79 Å². The van der Waals surface area contributed by atoms with E-state index in [1.165, 1.54) is 6.92 Å². The Morgan fingerprint density at radius 1 is 1.53 bits per heavy atom. The maximum atomic E-state index is 10.9. The van der Waals surface area contributed by atoms with Crippen LogP contribution in [0.4, 0.5) is 5.69 Å². The van der Waals surface area contributed by atoms with E-state index in [1.807, 2.05) is 0 Å². The van der Waals surface area contributed by atoms with E-state index in [-0.39, 0.29) is 5.12 Å². The van der Waals surface area contributed by atoms with Gasteiger partial charge in [0.25, 0.3) is 0 Å². The topological polar surface area (TPSA) is 78.3 Å². The fourth-order valence-electron chi connectivity index (χ4n) is 1.18. The molecular weight excluding hydrogens is 212 g/mol. The van der Waals surface area contributed by atoms with Gasteiger partial charge in [-0.2, -0.15) is 0 Å². The summed E-state index contributed by atoms with van der Waals surface area (Å²) in [6.45, 7) is 1.48. The smallest absolute Gasteiger partial charge is 0.187 e. The van der Waals surface area contributed by atoms with Crippen LogP contribution in [0.5, 0.6) is 5.75 Å². The molecule has 82 valence electrons. The van der Waals surface area contributed by atoms with Crippen LogP contribution in [-0.2, 0) is 4.79 Å². The van der Waals surface area contributed by atoms with Gasteiger partial charge in [0.2, 0.25) is 0 Å². The second-order valence-electron chi connectivity index (χ2n) is 3.02. The molecule has 0 heterocycles. The van der Waals surface area contributed by atoms with E-state index in [0.29, 0.717) is 11.4 Å². The number of anilines is 1. The van der Waals surface area contributed by atoms with Gasteiger partial charge < -0.3 is 16.2 Å². The van der Waals surface area contributed by atoms with Gasteiger partial charge in [0.05, 0.1) is 12.5 Å². The van der Waals surface area contributed by atoms with Gasteiger partial charge in [-0.15, -0.1) is 0 Å². The normalized spacial score (nSPS) is 12.2. The third-order valence-electron chi connectivity index (χ3n) is 1.89. The van der Waals surface area contributed by atoms with Gasteiger partial charge in [-0.05, 0) is 6.07 Å². The molecule has 4 nitrogen and oxygen atoms in total.